The van der Waals surface area contributed by atoms with Crippen molar-refractivity contribution in [3.63, 3.8) is 0 Å². The third-order valence-electron chi connectivity index (χ3n) is 4.88. The zero-order chi connectivity index (χ0) is 21.6. The Morgan fingerprint density at radius 2 is 1.80 bits per heavy atom. The van der Waals surface area contributed by atoms with Gasteiger partial charge in [-0.05, 0) is 45.6 Å². The molecule has 0 saturated carbocycles. The van der Waals surface area contributed by atoms with Crippen LogP contribution in [0.1, 0.15) is 25.8 Å². The number of nitrogens with zero attached hydrogens (tertiary/aromatic N) is 3. The van der Waals surface area contributed by atoms with Crippen LogP contribution >= 0.6 is 15.9 Å². The van der Waals surface area contributed by atoms with E-state index in [1.807, 2.05) is 56.3 Å². The number of hydrogen-bond donors (Lipinski definition) is 0. The quantitative estimate of drug-likeness (QED) is 0.590. The molecule has 158 valence electrons. The highest BCUT2D eigenvalue weighted by molar-refractivity contribution is 9.10. The molecule has 0 aliphatic carbocycles. The first-order valence-electron chi connectivity index (χ1n) is 9.85. The fourth-order valence-electron chi connectivity index (χ4n) is 3.04. The van der Waals surface area contributed by atoms with Crippen LogP contribution in [0.15, 0.2) is 64.6 Å². The summed E-state index contributed by atoms with van der Waals surface area (Å²) >= 11 is 3.38. The van der Waals surface area contributed by atoms with Crippen molar-refractivity contribution in [1.82, 2.24) is 9.29 Å². The van der Waals surface area contributed by atoms with Gasteiger partial charge < -0.3 is 4.90 Å². The number of allylic oxidation sites excluding steroid dienone is 1. The lowest BCUT2D eigenvalue weighted by atomic mass is 9.90. The summed E-state index contributed by atoms with van der Waals surface area (Å²) in [5, 5.41) is 1.34. The molecule has 1 aliphatic rings. The average Bonchev–Trinajstić information content (AvgIpc) is 2.74. The van der Waals surface area contributed by atoms with E-state index >= 15 is 0 Å². The third-order valence-corrected chi connectivity index (χ3v) is 6.91. The standard InChI is InChI=1S/C23H26BrN3O2S/c1-23(2,12-6-9-20-7-4-3-5-8-20)13-18-30(28,29)27-16-14-26(15-17-27)22-11-10-21(24)19-25-22/h3-5,7-8,10-11,13,18-19H,12,14-17H2,1-2H3. The topological polar surface area (TPSA) is 53.5 Å². The van der Waals surface area contributed by atoms with Crippen LogP contribution in [0, 0.1) is 17.3 Å². The summed E-state index contributed by atoms with van der Waals surface area (Å²) in [5.74, 6) is 7.15. The van der Waals surface area contributed by atoms with Gasteiger partial charge in [-0.3, -0.25) is 0 Å². The number of rotatable bonds is 5. The predicted molar refractivity (Wildman–Crippen MR) is 126 cm³/mol. The normalized spacial score (nSPS) is 15.8. The summed E-state index contributed by atoms with van der Waals surface area (Å²) in [7, 11) is -3.46. The molecule has 0 N–H and O–H groups in total. The summed E-state index contributed by atoms with van der Waals surface area (Å²) in [6, 6.07) is 13.7. The molecule has 0 radical (unpaired) electrons. The maximum atomic E-state index is 12.8. The molecule has 0 bridgehead atoms. The minimum Gasteiger partial charge on any atom is -0.354 e. The number of pyridine rings is 1. The lowest BCUT2D eigenvalue weighted by Gasteiger charge is -2.34. The van der Waals surface area contributed by atoms with E-state index < -0.39 is 10.0 Å². The average molecular weight is 488 g/mol. The Morgan fingerprint density at radius 3 is 2.43 bits per heavy atom. The maximum absolute atomic E-state index is 12.8. The van der Waals surface area contributed by atoms with E-state index in [1.54, 1.807) is 12.3 Å². The lowest BCUT2D eigenvalue weighted by molar-refractivity contribution is 0.388. The molecule has 5 nitrogen and oxygen atoms in total. The van der Waals surface area contributed by atoms with Gasteiger partial charge in [-0.1, -0.05) is 50.0 Å². The van der Waals surface area contributed by atoms with E-state index in [9.17, 15) is 8.42 Å². The number of hydrogen-bond acceptors (Lipinski definition) is 4. The minimum atomic E-state index is -3.46. The zero-order valence-electron chi connectivity index (χ0n) is 17.3. The summed E-state index contributed by atoms with van der Waals surface area (Å²) in [4.78, 5) is 6.49. The summed E-state index contributed by atoms with van der Waals surface area (Å²) in [6.07, 6.45) is 4.09. The van der Waals surface area contributed by atoms with Gasteiger partial charge in [0, 0.05) is 54.2 Å². The second-order valence-electron chi connectivity index (χ2n) is 7.90. The number of benzene rings is 1. The zero-order valence-corrected chi connectivity index (χ0v) is 19.7. The number of anilines is 1. The first-order chi connectivity index (χ1) is 14.3. The van der Waals surface area contributed by atoms with Crippen molar-refractivity contribution in [1.29, 1.82) is 0 Å². The van der Waals surface area contributed by atoms with Crippen molar-refractivity contribution in [2.45, 2.75) is 20.3 Å². The Morgan fingerprint density at radius 1 is 1.10 bits per heavy atom. The van der Waals surface area contributed by atoms with E-state index in [2.05, 4.69) is 37.7 Å². The van der Waals surface area contributed by atoms with E-state index in [4.69, 9.17) is 0 Å². The van der Waals surface area contributed by atoms with Gasteiger partial charge in [0.05, 0.1) is 0 Å². The molecule has 1 saturated heterocycles. The van der Waals surface area contributed by atoms with Crippen LogP contribution in [-0.4, -0.2) is 43.9 Å². The molecule has 1 aliphatic heterocycles. The van der Waals surface area contributed by atoms with Crippen molar-refractivity contribution in [2.75, 3.05) is 31.1 Å². The lowest BCUT2D eigenvalue weighted by Crippen LogP contribution is -2.48. The molecule has 1 aromatic carbocycles. The molecular formula is C23H26BrN3O2S. The predicted octanol–water partition coefficient (Wildman–Crippen LogP) is 4.28. The Kier molecular flexibility index (Phi) is 7.35. The molecular weight excluding hydrogens is 462 g/mol. The molecule has 0 atom stereocenters. The first kappa shape index (κ1) is 22.5. The molecule has 0 spiro atoms. The molecule has 0 amide bonds. The fourth-order valence-corrected chi connectivity index (χ4v) is 4.66. The first-order valence-corrected chi connectivity index (χ1v) is 12.1. The molecule has 2 aromatic rings. The van der Waals surface area contributed by atoms with Gasteiger partial charge in [-0.15, -0.1) is 0 Å². The molecule has 1 fully saturated rings. The van der Waals surface area contributed by atoms with Crippen LogP contribution in [0.25, 0.3) is 0 Å². The molecule has 30 heavy (non-hydrogen) atoms. The number of aromatic nitrogens is 1. The smallest absolute Gasteiger partial charge is 0.236 e. The van der Waals surface area contributed by atoms with Crippen molar-refractivity contribution in [3.8, 4) is 11.8 Å². The van der Waals surface area contributed by atoms with Gasteiger partial charge in [0.25, 0.3) is 0 Å². The third kappa shape index (κ3) is 6.43. The highest BCUT2D eigenvalue weighted by atomic mass is 79.9. The fraction of sp³-hybridized carbons (Fsp3) is 0.348. The van der Waals surface area contributed by atoms with Crippen LogP contribution in [0.2, 0.25) is 0 Å². The van der Waals surface area contributed by atoms with Gasteiger partial charge in [0.2, 0.25) is 10.0 Å². The Balaban J connectivity index is 1.57. The van der Waals surface area contributed by atoms with Gasteiger partial charge in [0.15, 0.2) is 0 Å². The monoisotopic (exact) mass is 487 g/mol. The molecule has 3 rings (SSSR count). The number of halogens is 1. The molecule has 2 heterocycles. The van der Waals surface area contributed by atoms with Crippen molar-refractivity contribution >= 4 is 31.8 Å². The highest BCUT2D eigenvalue weighted by Crippen LogP contribution is 2.23. The van der Waals surface area contributed by atoms with Gasteiger partial charge in [-0.2, -0.15) is 4.31 Å². The van der Waals surface area contributed by atoms with E-state index in [1.165, 1.54) is 9.71 Å². The van der Waals surface area contributed by atoms with Crippen LogP contribution in [-0.2, 0) is 10.0 Å². The largest absolute Gasteiger partial charge is 0.354 e. The van der Waals surface area contributed by atoms with E-state index in [0.29, 0.717) is 32.6 Å². The van der Waals surface area contributed by atoms with Gasteiger partial charge >= 0.3 is 0 Å². The summed E-state index contributed by atoms with van der Waals surface area (Å²) in [6.45, 7) is 6.12. The van der Waals surface area contributed by atoms with Crippen LogP contribution in [0.3, 0.4) is 0 Å². The van der Waals surface area contributed by atoms with E-state index in [0.717, 1.165) is 15.9 Å². The molecule has 1 aromatic heterocycles. The molecule has 7 heteroatoms. The van der Waals surface area contributed by atoms with Crippen LogP contribution < -0.4 is 4.90 Å². The highest BCUT2D eigenvalue weighted by Gasteiger charge is 2.26. The van der Waals surface area contributed by atoms with Gasteiger partial charge in [0.1, 0.15) is 5.82 Å². The van der Waals surface area contributed by atoms with Crippen molar-refractivity contribution < 1.29 is 8.42 Å². The van der Waals surface area contributed by atoms with Gasteiger partial charge in [-0.25, -0.2) is 13.4 Å². The van der Waals surface area contributed by atoms with Crippen molar-refractivity contribution in [3.05, 3.63) is 70.2 Å². The maximum Gasteiger partial charge on any atom is 0.236 e. The molecule has 0 unspecified atom stereocenters. The van der Waals surface area contributed by atoms with Crippen LogP contribution in [0.4, 0.5) is 5.82 Å². The van der Waals surface area contributed by atoms with Crippen LogP contribution in [0.5, 0.6) is 0 Å². The second-order valence-corrected chi connectivity index (χ2v) is 10.6. The number of sulfonamides is 1. The minimum absolute atomic E-state index is 0.335. The Hall–Kier alpha value is -2.14. The summed E-state index contributed by atoms with van der Waals surface area (Å²) < 4.78 is 28.0. The Bertz CT molecular complexity index is 1030. The number of piperazine rings is 1. The SMILES string of the molecule is CC(C)(C=CS(=O)(=O)N1CCN(c2ccc(Br)cn2)CC1)CC#Cc1ccccc1. The second kappa shape index (κ2) is 9.78. The van der Waals surface area contributed by atoms with Crippen molar-refractivity contribution in [2.24, 2.45) is 5.41 Å². The summed E-state index contributed by atoms with van der Waals surface area (Å²) in [5.41, 5.74) is 0.626. The Labute approximate surface area is 188 Å². The van der Waals surface area contributed by atoms with E-state index in [-0.39, 0.29) is 5.41 Å².